The molecule has 0 unspecified atom stereocenters. The van der Waals surface area contributed by atoms with Crippen LogP contribution in [0.2, 0.25) is 0 Å². The second-order valence-corrected chi connectivity index (χ2v) is 3.76. The summed E-state index contributed by atoms with van der Waals surface area (Å²) in [6.45, 7) is 3.46. The topological polar surface area (TPSA) is 72.8 Å². The highest BCUT2D eigenvalue weighted by atomic mass is 16.5. The van der Waals surface area contributed by atoms with Gasteiger partial charge < -0.3 is 14.6 Å². The van der Waals surface area contributed by atoms with Crippen LogP contribution in [0.5, 0.6) is 0 Å². The molecule has 0 fully saturated rings. The molecule has 0 aromatic rings. The molecule has 0 aliphatic carbocycles. The minimum absolute atomic E-state index is 0.212. The second kappa shape index (κ2) is 5.70. The van der Waals surface area contributed by atoms with Crippen LogP contribution in [0.25, 0.3) is 0 Å². The summed E-state index contributed by atoms with van der Waals surface area (Å²) in [6.07, 6.45) is -0.424. The molecule has 0 aliphatic rings. The third-order valence-corrected chi connectivity index (χ3v) is 2.43. The van der Waals surface area contributed by atoms with E-state index < -0.39 is 17.5 Å². The van der Waals surface area contributed by atoms with Crippen molar-refractivity contribution in [3.05, 3.63) is 0 Å². The number of carbonyl (C=O) groups excluding carboxylic acids is 2. The number of ether oxygens (including phenoxy) is 2. The Balaban J connectivity index is 4.59. The summed E-state index contributed by atoms with van der Waals surface area (Å²) in [5.41, 5.74) is -1.40. The van der Waals surface area contributed by atoms with Crippen LogP contribution >= 0.6 is 0 Å². The van der Waals surface area contributed by atoms with Crippen molar-refractivity contribution in [1.29, 1.82) is 0 Å². The smallest absolute Gasteiger partial charge is 0.308 e. The van der Waals surface area contributed by atoms with Gasteiger partial charge in [0.2, 0.25) is 0 Å². The maximum Gasteiger partial charge on any atom is 0.308 e. The lowest BCUT2D eigenvalue weighted by atomic mass is 9.84. The lowest BCUT2D eigenvalue weighted by molar-refractivity contribution is -0.155. The number of methoxy groups -OCH3 is 2. The van der Waals surface area contributed by atoms with Crippen LogP contribution in [0.3, 0.4) is 0 Å². The Morgan fingerprint density at radius 2 is 1.47 bits per heavy atom. The quantitative estimate of drug-likeness (QED) is 0.680. The minimum Gasteiger partial charge on any atom is -0.469 e. The summed E-state index contributed by atoms with van der Waals surface area (Å²) in [6, 6.07) is 0. The summed E-state index contributed by atoms with van der Waals surface area (Å²) >= 11 is 0. The van der Waals surface area contributed by atoms with Crippen molar-refractivity contribution < 1.29 is 24.2 Å². The van der Waals surface area contributed by atoms with Gasteiger partial charge in [-0.2, -0.15) is 0 Å². The lowest BCUT2D eigenvalue weighted by Gasteiger charge is -2.29. The molecule has 88 valence electrons. The molecule has 5 nitrogen and oxygen atoms in total. The van der Waals surface area contributed by atoms with E-state index in [0.29, 0.717) is 0 Å². The fourth-order valence-electron chi connectivity index (χ4n) is 1.11. The highest BCUT2D eigenvalue weighted by molar-refractivity contribution is 5.74. The molecule has 0 aromatic heterocycles. The largest absolute Gasteiger partial charge is 0.469 e. The third-order valence-electron chi connectivity index (χ3n) is 2.43. The predicted molar refractivity (Wildman–Crippen MR) is 53.1 cm³/mol. The number of carbonyl (C=O) groups is 2. The van der Waals surface area contributed by atoms with Crippen LogP contribution in [0.15, 0.2) is 0 Å². The van der Waals surface area contributed by atoms with Crippen LogP contribution < -0.4 is 0 Å². The van der Waals surface area contributed by atoms with E-state index in [4.69, 9.17) is 0 Å². The molecule has 0 aliphatic heterocycles. The standard InChI is InChI=1S/C10H18O5/c1-7(2)10(13,5-8(11)14-3)6-9(12)15-4/h7,13H,5-6H2,1-4H3. The Morgan fingerprint density at radius 1 is 1.13 bits per heavy atom. The summed E-state index contributed by atoms with van der Waals surface area (Å²) < 4.78 is 8.92. The molecular formula is C10H18O5. The fraction of sp³-hybridized carbons (Fsp3) is 0.800. The molecule has 0 amide bonds. The van der Waals surface area contributed by atoms with Gasteiger partial charge in [-0.1, -0.05) is 13.8 Å². The van der Waals surface area contributed by atoms with E-state index in [1.165, 1.54) is 14.2 Å². The zero-order valence-corrected chi connectivity index (χ0v) is 9.57. The van der Waals surface area contributed by atoms with Crippen LogP contribution in [-0.4, -0.2) is 36.9 Å². The van der Waals surface area contributed by atoms with E-state index in [2.05, 4.69) is 9.47 Å². The Hall–Kier alpha value is -1.10. The van der Waals surface area contributed by atoms with E-state index in [1.807, 2.05) is 0 Å². The highest BCUT2D eigenvalue weighted by Gasteiger charge is 2.36. The van der Waals surface area contributed by atoms with E-state index >= 15 is 0 Å². The van der Waals surface area contributed by atoms with Crippen LogP contribution in [-0.2, 0) is 19.1 Å². The van der Waals surface area contributed by atoms with Gasteiger partial charge in [-0.25, -0.2) is 0 Å². The van der Waals surface area contributed by atoms with Crippen molar-refractivity contribution in [2.24, 2.45) is 5.92 Å². The van der Waals surface area contributed by atoms with Crippen LogP contribution in [0.1, 0.15) is 26.7 Å². The van der Waals surface area contributed by atoms with Gasteiger partial charge >= 0.3 is 11.9 Å². The van der Waals surface area contributed by atoms with Gasteiger partial charge in [-0.05, 0) is 5.92 Å². The van der Waals surface area contributed by atoms with Crippen LogP contribution in [0, 0.1) is 5.92 Å². The van der Waals surface area contributed by atoms with Crippen molar-refractivity contribution in [2.45, 2.75) is 32.3 Å². The zero-order chi connectivity index (χ0) is 12.1. The molecule has 0 heterocycles. The molecule has 0 rings (SSSR count). The normalized spacial score (nSPS) is 11.3. The maximum absolute atomic E-state index is 11.1. The molecule has 0 bridgehead atoms. The molecule has 0 saturated heterocycles. The zero-order valence-electron chi connectivity index (χ0n) is 9.57. The molecule has 5 heteroatoms. The maximum atomic E-state index is 11.1. The second-order valence-electron chi connectivity index (χ2n) is 3.76. The SMILES string of the molecule is COC(=O)CC(O)(CC(=O)OC)C(C)C. The summed E-state index contributed by atoms with van der Waals surface area (Å²) in [5, 5.41) is 10.1. The van der Waals surface area contributed by atoms with Gasteiger partial charge in [0.25, 0.3) is 0 Å². The highest BCUT2D eigenvalue weighted by Crippen LogP contribution is 2.26. The fourth-order valence-corrected chi connectivity index (χ4v) is 1.11. The predicted octanol–water partition coefficient (Wildman–Crippen LogP) is 0.500. The van der Waals surface area contributed by atoms with Gasteiger partial charge in [0.05, 0.1) is 32.7 Å². The summed E-state index contributed by atoms with van der Waals surface area (Å²) in [5.74, 6) is -1.33. The van der Waals surface area contributed by atoms with Crippen molar-refractivity contribution in [3.8, 4) is 0 Å². The van der Waals surface area contributed by atoms with E-state index in [0.717, 1.165) is 0 Å². The number of hydrogen-bond donors (Lipinski definition) is 1. The molecule has 0 saturated carbocycles. The number of aliphatic hydroxyl groups is 1. The van der Waals surface area contributed by atoms with E-state index in [-0.39, 0.29) is 18.8 Å². The van der Waals surface area contributed by atoms with Crippen molar-refractivity contribution >= 4 is 11.9 Å². The first-order valence-electron chi connectivity index (χ1n) is 4.71. The lowest BCUT2D eigenvalue weighted by Crippen LogP contribution is -2.40. The number of esters is 2. The van der Waals surface area contributed by atoms with E-state index in [1.54, 1.807) is 13.8 Å². The van der Waals surface area contributed by atoms with Crippen molar-refractivity contribution in [1.82, 2.24) is 0 Å². The van der Waals surface area contributed by atoms with Crippen molar-refractivity contribution in [2.75, 3.05) is 14.2 Å². The molecule has 0 aromatic carbocycles. The molecule has 1 N–H and O–H groups in total. The van der Waals surface area contributed by atoms with Gasteiger partial charge in [-0.15, -0.1) is 0 Å². The summed E-state index contributed by atoms with van der Waals surface area (Å²) in [4.78, 5) is 22.1. The Morgan fingerprint density at radius 3 is 1.67 bits per heavy atom. The van der Waals surface area contributed by atoms with E-state index in [9.17, 15) is 14.7 Å². The molecule has 15 heavy (non-hydrogen) atoms. The van der Waals surface area contributed by atoms with Gasteiger partial charge in [-0.3, -0.25) is 9.59 Å². The molecule has 0 spiro atoms. The first-order valence-corrected chi connectivity index (χ1v) is 4.71. The average Bonchev–Trinajstić information content (AvgIpc) is 2.16. The Bertz CT molecular complexity index is 216. The van der Waals surface area contributed by atoms with Gasteiger partial charge in [0, 0.05) is 0 Å². The number of hydrogen-bond acceptors (Lipinski definition) is 5. The summed E-state index contributed by atoms with van der Waals surface area (Å²) in [7, 11) is 2.47. The average molecular weight is 218 g/mol. The third kappa shape index (κ3) is 4.29. The van der Waals surface area contributed by atoms with Gasteiger partial charge in [0.15, 0.2) is 0 Å². The first-order chi connectivity index (χ1) is 6.85. The molecule has 0 atom stereocenters. The monoisotopic (exact) mass is 218 g/mol. The van der Waals surface area contributed by atoms with Gasteiger partial charge in [0.1, 0.15) is 0 Å². The first kappa shape index (κ1) is 13.9. The molecular weight excluding hydrogens is 200 g/mol. The van der Waals surface area contributed by atoms with Crippen LogP contribution in [0.4, 0.5) is 0 Å². The molecule has 0 radical (unpaired) electrons. The Kier molecular flexibility index (Phi) is 5.28. The van der Waals surface area contributed by atoms with Crippen molar-refractivity contribution in [3.63, 3.8) is 0 Å². The minimum atomic E-state index is -1.40. The Labute approximate surface area is 89.4 Å². The number of rotatable bonds is 5.